The van der Waals surface area contributed by atoms with Crippen molar-refractivity contribution < 1.29 is 14.4 Å². The summed E-state index contributed by atoms with van der Waals surface area (Å²) in [4.78, 5) is 37.7. The summed E-state index contributed by atoms with van der Waals surface area (Å²) in [7, 11) is 0. The van der Waals surface area contributed by atoms with Crippen molar-refractivity contribution in [2.45, 2.75) is 38.5 Å². The Labute approximate surface area is 165 Å². The Hall–Kier alpha value is -2.95. The number of fused-ring (bicyclic) bond motifs is 1. The standard InChI is InChI=1S/C23H26N2O3/c26-21(24-16-9-12-18-10-3-1-4-11-18)15-5-2-8-17-25-22(27)19-13-6-7-14-20(19)23(25)28/h1,3-4,6-7,10-11,13-14H,2,5,8-9,12,15-17H2,(H,24,26). The maximum atomic E-state index is 12.3. The second kappa shape index (κ2) is 9.83. The molecule has 3 rings (SSSR count). The number of hydrogen-bond acceptors (Lipinski definition) is 3. The zero-order valence-electron chi connectivity index (χ0n) is 16.0. The maximum Gasteiger partial charge on any atom is 0.261 e. The molecular weight excluding hydrogens is 352 g/mol. The molecule has 1 N–H and O–H groups in total. The smallest absolute Gasteiger partial charge is 0.261 e. The molecule has 5 nitrogen and oxygen atoms in total. The van der Waals surface area contributed by atoms with Gasteiger partial charge < -0.3 is 5.32 Å². The highest BCUT2D eigenvalue weighted by molar-refractivity contribution is 6.21. The summed E-state index contributed by atoms with van der Waals surface area (Å²) >= 11 is 0. The topological polar surface area (TPSA) is 66.5 Å². The van der Waals surface area contributed by atoms with Gasteiger partial charge in [-0.2, -0.15) is 0 Å². The molecule has 0 aromatic heterocycles. The van der Waals surface area contributed by atoms with Crippen molar-refractivity contribution >= 4 is 17.7 Å². The van der Waals surface area contributed by atoms with E-state index in [-0.39, 0.29) is 17.7 Å². The zero-order chi connectivity index (χ0) is 19.8. The van der Waals surface area contributed by atoms with Crippen molar-refractivity contribution in [3.8, 4) is 0 Å². The van der Waals surface area contributed by atoms with Crippen molar-refractivity contribution in [3.63, 3.8) is 0 Å². The third-order valence-corrected chi connectivity index (χ3v) is 4.97. The van der Waals surface area contributed by atoms with E-state index in [2.05, 4.69) is 17.4 Å². The Morgan fingerprint density at radius 2 is 1.43 bits per heavy atom. The van der Waals surface area contributed by atoms with E-state index < -0.39 is 0 Å². The number of benzene rings is 2. The van der Waals surface area contributed by atoms with Crippen LogP contribution in [0.2, 0.25) is 0 Å². The largest absolute Gasteiger partial charge is 0.356 e. The molecule has 146 valence electrons. The van der Waals surface area contributed by atoms with Crippen molar-refractivity contribution in [2.24, 2.45) is 0 Å². The number of carbonyl (C=O) groups is 3. The molecule has 5 heteroatoms. The number of aryl methyl sites for hydroxylation is 1. The molecule has 28 heavy (non-hydrogen) atoms. The normalized spacial score (nSPS) is 12.9. The van der Waals surface area contributed by atoms with Crippen LogP contribution in [-0.4, -0.2) is 35.7 Å². The summed E-state index contributed by atoms with van der Waals surface area (Å²) in [6.07, 6.45) is 4.65. The van der Waals surface area contributed by atoms with Gasteiger partial charge in [0.25, 0.3) is 11.8 Å². The van der Waals surface area contributed by atoms with Crippen LogP contribution < -0.4 is 5.32 Å². The van der Waals surface area contributed by atoms with Gasteiger partial charge in [0.1, 0.15) is 0 Å². The lowest BCUT2D eigenvalue weighted by atomic mass is 10.1. The number of nitrogens with zero attached hydrogens (tertiary/aromatic N) is 1. The monoisotopic (exact) mass is 378 g/mol. The fraction of sp³-hybridized carbons (Fsp3) is 0.348. The van der Waals surface area contributed by atoms with Gasteiger partial charge in [-0.3, -0.25) is 19.3 Å². The number of unbranched alkanes of at least 4 members (excludes halogenated alkanes) is 2. The number of rotatable bonds is 10. The second-order valence-electron chi connectivity index (χ2n) is 7.06. The van der Waals surface area contributed by atoms with Gasteiger partial charge in [0.05, 0.1) is 11.1 Å². The van der Waals surface area contributed by atoms with Gasteiger partial charge in [-0.05, 0) is 43.4 Å². The van der Waals surface area contributed by atoms with Crippen LogP contribution in [0, 0.1) is 0 Å². The predicted octanol–water partition coefficient (Wildman–Crippen LogP) is 3.59. The Morgan fingerprint density at radius 3 is 2.11 bits per heavy atom. The summed E-state index contributed by atoms with van der Waals surface area (Å²) in [5.41, 5.74) is 2.26. The lowest BCUT2D eigenvalue weighted by Crippen LogP contribution is -2.30. The Morgan fingerprint density at radius 1 is 0.786 bits per heavy atom. The molecule has 2 aromatic carbocycles. The Balaban J connectivity index is 1.26. The number of imide groups is 1. The highest BCUT2D eigenvalue weighted by atomic mass is 16.2. The average molecular weight is 378 g/mol. The van der Waals surface area contributed by atoms with Crippen LogP contribution in [0.25, 0.3) is 0 Å². The molecule has 3 amide bonds. The van der Waals surface area contributed by atoms with Gasteiger partial charge in [0.2, 0.25) is 5.91 Å². The van der Waals surface area contributed by atoms with E-state index in [0.29, 0.717) is 37.1 Å². The summed E-state index contributed by atoms with van der Waals surface area (Å²) in [6.45, 7) is 1.09. The average Bonchev–Trinajstić information content (AvgIpc) is 2.97. The molecule has 0 unspecified atom stereocenters. The van der Waals surface area contributed by atoms with Crippen LogP contribution in [0.15, 0.2) is 54.6 Å². The first-order chi connectivity index (χ1) is 13.7. The molecule has 0 aliphatic carbocycles. The number of nitrogens with one attached hydrogen (secondary N) is 1. The highest BCUT2D eigenvalue weighted by Crippen LogP contribution is 2.22. The Kier molecular flexibility index (Phi) is 6.95. The first-order valence-corrected chi connectivity index (χ1v) is 9.92. The van der Waals surface area contributed by atoms with Crippen molar-refractivity contribution in [2.75, 3.05) is 13.1 Å². The van der Waals surface area contributed by atoms with E-state index in [0.717, 1.165) is 25.7 Å². The van der Waals surface area contributed by atoms with E-state index in [4.69, 9.17) is 0 Å². The minimum atomic E-state index is -0.211. The number of carbonyl (C=O) groups excluding carboxylic acids is 3. The molecule has 2 aromatic rings. The Bertz CT molecular complexity index is 798. The third-order valence-electron chi connectivity index (χ3n) is 4.97. The fourth-order valence-corrected chi connectivity index (χ4v) is 3.43. The number of amides is 3. The van der Waals surface area contributed by atoms with Gasteiger partial charge >= 0.3 is 0 Å². The molecule has 0 spiro atoms. The van der Waals surface area contributed by atoms with E-state index >= 15 is 0 Å². The van der Waals surface area contributed by atoms with Crippen LogP contribution >= 0.6 is 0 Å². The number of hydrogen-bond donors (Lipinski definition) is 1. The van der Waals surface area contributed by atoms with Crippen LogP contribution in [0.4, 0.5) is 0 Å². The SMILES string of the molecule is O=C(CCCCCN1C(=O)c2ccccc2C1=O)NCCCc1ccccc1. The second-order valence-corrected chi connectivity index (χ2v) is 7.06. The van der Waals surface area contributed by atoms with Crippen LogP contribution in [0.3, 0.4) is 0 Å². The lowest BCUT2D eigenvalue weighted by molar-refractivity contribution is -0.121. The van der Waals surface area contributed by atoms with Crippen LogP contribution in [0.5, 0.6) is 0 Å². The van der Waals surface area contributed by atoms with Gasteiger partial charge in [0, 0.05) is 19.5 Å². The minimum absolute atomic E-state index is 0.0637. The zero-order valence-corrected chi connectivity index (χ0v) is 16.0. The van der Waals surface area contributed by atoms with Crippen molar-refractivity contribution in [1.82, 2.24) is 10.2 Å². The maximum absolute atomic E-state index is 12.3. The molecule has 0 saturated carbocycles. The molecule has 1 heterocycles. The van der Waals surface area contributed by atoms with Crippen LogP contribution in [-0.2, 0) is 11.2 Å². The third kappa shape index (κ3) is 5.06. The summed E-state index contributed by atoms with van der Waals surface area (Å²) in [5, 5.41) is 2.95. The molecule has 0 radical (unpaired) electrons. The van der Waals surface area contributed by atoms with Crippen molar-refractivity contribution in [3.05, 3.63) is 71.3 Å². The lowest BCUT2D eigenvalue weighted by Gasteiger charge is -2.13. The van der Waals surface area contributed by atoms with E-state index in [1.54, 1.807) is 24.3 Å². The minimum Gasteiger partial charge on any atom is -0.356 e. The van der Waals surface area contributed by atoms with Gasteiger partial charge in [-0.1, -0.05) is 48.9 Å². The van der Waals surface area contributed by atoms with Gasteiger partial charge in [0.15, 0.2) is 0 Å². The first kappa shape index (κ1) is 19.8. The van der Waals surface area contributed by atoms with Gasteiger partial charge in [-0.25, -0.2) is 0 Å². The van der Waals surface area contributed by atoms with Crippen molar-refractivity contribution in [1.29, 1.82) is 0 Å². The molecular formula is C23H26N2O3. The van der Waals surface area contributed by atoms with Crippen LogP contribution in [0.1, 0.15) is 58.4 Å². The van der Waals surface area contributed by atoms with Gasteiger partial charge in [-0.15, -0.1) is 0 Å². The summed E-state index contributed by atoms with van der Waals surface area (Å²) < 4.78 is 0. The van der Waals surface area contributed by atoms with E-state index in [9.17, 15) is 14.4 Å². The molecule has 1 aliphatic rings. The molecule has 0 saturated heterocycles. The quantitative estimate of drug-likeness (QED) is 0.507. The van der Waals surface area contributed by atoms with E-state index in [1.807, 2.05) is 18.2 Å². The molecule has 0 fully saturated rings. The van der Waals surface area contributed by atoms with E-state index in [1.165, 1.54) is 10.5 Å². The molecule has 0 atom stereocenters. The fourth-order valence-electron chi connectivity index (χ4n) is 3.43. The summed E-state index contributed by atoms with van der Waals surface area (Å²) in [5.74, 6) is -0.359. The summed E-state index contributed by atoms with van der Waals surface area (Å²) in [6, 6.07) is 17.2. The predicted molar refractivity (Wildman–Crippen MR) is 108 cm³/mol. The molecule has 0 bridgehead atoms. The molecule has 1 aliphatic heterocycles. The first-order valence-electron chi connectivity index (χ1n) is 9.92. The highest BCUT2D eigenvalue weighted by Gasteiger charge is 2.34.